The molecule has 6 heteroatoms. The first-order valence-electron chi connectivity index (χ1n) is 6.98. The lowest BCUT2D eigenvalue weighted by atomic mass is 10.1. The number of halogens is 1. The summed E-state index contributed by atoms with van der Waals surface area (Å²) in [7, 11) is 1.55. The minimum absolute atomic E-state index is 0.163. The number of hydrogen-bond donors (Lipinski definition) is 2. The number of benzene rings is 2. The number of amides is 2. The molecule has 0 atom stereocenters. The lowest BCUT2D eigenvalue weighted by Gasteiger charge is -2.12. The maximum atomic E-state index is 12.2. The number of nitrogens with one attached hydrogen (secondary N) is 2. The average molecular weight is 333 g/mol. The molecular formula is C17H17ClN2O3. The maximum absolute atomic E-state index is 12.2. The fourth-order valence-corrected chi connectivity index (χ4v) is 2.30. The van der Waals surface area contributed by atoms with Crippen LogP contribution in [0.1, 0.15) is 22.8 Å². The number of hydrogen-bond acceptors (Lipinski definition) is 3. The molecule has 0 fully saturated rings. The highest BCUT2D eigenvalue weighted by Gasteiger charge is 2.09. The van der Waals surface area contributed by atoms with Crippen LogP contribution < -0.4 is 15.4 Å². The van der Waals surface area contributed by atoms with Gasteiger partial charge in [-0.1, -0.05) is 17.7 Å². The molecule has 2 aromatic carbocycles. The Hall–Kier alpha value is -2.53. The Balaban J connectivity index is 2.12. The molecule has 0 spiro atoms. The second kappa shape index (κ2) is 7.65. The Bertz CT molecular complexity index is 732. The minimum atomic E-state index is -0.237. The molecule has 2 rings (SSSR count). The van der Waals surface area contributed by atoms with Crippen molar-refractivity contribution in [1.82, 2.24) is 5.32 Å². The van der Waals surface area contributed by atoms with Gasteiger partial charge in [0.25, 0.3) is 5.91 Å². The summed E-state index contributed by atoms with van der Waals surface area (Å²) >= 11 is 5.88. The largest absolute Gasteiger partial charge is 0.496 e. The SMILES string of the molecule is COc1ccc(NC(C)=O)cc1CNC(=O)c1cccc(Cl)c1. The molecule has 0 aliphatic rings. The van der Waals surface area contributed by atoms with Crippen molar-refractivity contribution in [3.8, 4) is 5.75 Å². The van der Waals surface area contributed by atoms with Crippen molar-refractivity contribution < 1.29 is 14.3 Å². The van der Waals surface area contributed by atoms with E-state index in [0.717, 1.165) is 5.56 Å². The van der Waals surface area contributed by atoms with Crippen LogP contribution in [0.3, 0.4) is 0 Å². The van der Waals surface area contributed by atoms with Gasteiger partial charge in [0.2, 0.25) is 5.91 Å². The third-order valence-electron chi connectivity index (χ3n) is 3.13. The van der Waals surface area contributed by atoms with Gasteiger partial charge in [0, 0.05) is 35.3 Å². The molecule has 2 aromatic rings. The van der Waals surface area contributed by atoms with Gasteiger partial charge in [0.05, 0.1) is 7.11 Å². The van der Waals surface area contributed by atoms with Crippen molar-refractivity contribution in [2.45, 2.75) is 13.5 Å². The lowest BCUT2D eigenvalue weighted by molar-refractivity contribution is -0.114. The van der Waals surface area contributed by atoms with Gasteiger partial charge in [-0.15, -0.1) is 0 Å². The van der Waals surface area contributed by atoms with Gasteiger partial charge in [0.15, 0.2) is 0 Å². The molecule has 0 radical (unpaired) electrons. The minimum Gasteiger partial charge on any atom is -0.496 e. The molecule has 0 bridgehead atoms. The highest BCUT2D eigenvalue weighted by Crippen LogP contribution is 2.22. The number of anilines is 1. The molecule has 23 heavy (non-hydrogen) atoms. The summed E-state index contributed by atoms with van der Waals surface area (Å²) < 4.78 is 5.28. The van der Waals surface area contributed by atoms with E-state index in [0.29, 0.717) is 22.0 Å². The third-order valence-corrected chi connectivity index (χ3v) is 3.36. The van der Waals surface area contributed by atoms with Crippen LogP contribution in [-0.2, 0) is 11.3 Å². The summed E-state index contributed by atoms with van der Waals surface area (Å²) in [6.07, 6.45) is 0. The van der Waals surface area contributed by atoms with E-state index in [1.807, 2.05) is 0 Å². The smallest absolute Gasteiger partial charge is 0.251 e. The van der Waals surface area contributed by atoms with Crippen molar-refractivity contribution >= 4 is 29.1 Å². The van der Waals surface area contributed by atoms with Crippen LogP contribution in [0, 0.1) is 0 Å². The topological polar surface area (TPSA) is 67.4 Å². The van der Waals surface area contributed by atoms with Gasteiger partial charge < -0.3 is 15.4 Å². The predicted molar refractivity (Wildman–Crippen MR) is 89.9 cm³/mol. The van der Waals surface area contributed by atoms with Crippen molar-refractivity contribution in [2.75, 3.05) is 12.4 Å². The fraction of sp³-hybridized carbons (Fsp3) is 0.176. The van der Waals surface area contributed by atoms with Gasteiger partial charge in [-0.05, 0) is 36.4 Å². The van der Waals surface area contributed by atoms with Gasteiger partial charge in [-0.2, -0.15) is 0 Å². The van der Waals surface area contributed by atoms with Gasteiger partial charge in [0.1, 0.15) is 5.75 Å². The monoisotopic (exact) mass is 332 g/mol. The number of methoxy groups -OCH3 is 1. The molecule has 2 N–H and O–H groups in total. The van der Waals surface area contributed by atoms with Crippen LogP contribution in [0.25, 0.3) is 0 Å². The number of rotatable bonds is 5. The Labute approximate surface area is 139 Å². The Morgan fingerprint density at radius 2 is 1.96 bits per heavy atom. The van der Waals surface area contributed by atoms with E-state index in [1.54, 1.807) is 49.6 Å². The van der Waals surface area contributed by atoms with Gasteiger partial charge >= 0.3 is 0 Å². The molecule has 120 valence electrons. The van der Waals surface area contributed by atoms with E-state index in [4.69, 9.17) is 16.3 Å². The first kappa shape index (κ1) is 16.8. The average Bonchev–Trinajstić information content (AvgIpc) is 2.52. The molecule has 5 nitrogen and oxygen atoms in total. The standard InChI is InChI=1S/C17H17ClN2O3/c1-11(21)20-15-6-7-16(23-2)13(9-15)10-19-17(22)12-4-3-5-14(18)8-12/h3-9H,10H2,1-2H3,(H,19,22)(H,20,21). The van der Waals surface area contributed by atoms with E-state index < -0.39 is 0 Å². The molecule has 0 saturated heterocycles. The molecule has 0 aliphatic carbocycles. The summed E-state index contributed by atoms with van der Waals surface area (Å²) in [6.45, 7) is 1.70. The quantitative estimate of drug-likeness (QED) is 0.883. The normalized spacial score (nSPS) is 10.0. The van der Waals surface area contributed by atoms with Crippen molar-refractivity contribution in [3.05, 3.63) is 58.6 Å². The molecule has 2 amide bonds. The van der Waals surface area contributed by atoms with E-state index in [9.17, 15) is 9.59 Å². The number of carbonyl (C=O) groups excluding carboxylic acids is 2. The second-order valence-electron chi connectivity index (χ2n) is 4.90. The summed E-state index contributed by atoms with van der Waals surface area (Å²) in [5.74, 6) is 0.231. The van der Waals surface area contributed by atoms with Crippen LogP contribution in [0.15, 0.2) is 42.5 Å². The zero-order valence-corrected chi connectivity index (χ0v) is 13.6. The number of ether oxygens (including phenoxy) is 1. The maximum Gasteiger partial charge on any atom is 0.251 e. The van der Waals surface area contributed by atoms with Crippen molar-refractivity contribution in [1.29, 1.82) is 0 Å². The highest BCUT2D eigenvalue weighted by atomic mass is 35.5. The van der Waals surface area contributed by atoms with E-state index in [-0.39, 0.29) is 18.4 Å². The summed E-state index contributed by atoms with van der Waals surface area (Å²) in [6, 6.07) is 12.0. The van der Waals surface area contributed by atoms with E-state index in [1.165, 1.54) is 6.92 Å². The number of carbonyl (C=O) groups is 2. The van der Waals surface area contributed by atoms with Crippen LogP contribution in [0.4, 0.5) is 5.69 Å². The fourth-order valence-electron chi connectivity index (χ4n) is 2.11. The molecule has 0 saturated carbocycles. The van der Waals surface area contributed by atoms with Crippen LogP contribution >= 0.6 is 11.6 Å². The zero-order valence-electron chi connectivity index (χ0n) is 12.9. The molecule has 0 aliphatic heterocycles. The first-order chi connectivity index (χ1) is 11.0. The molecular weight excluding hydrogens is 316 g/mol. The molecule has 0 aromatic heterocycles. The Morgan fingerprint density at radius 1 is 1.17 bits per heavy atom. The second-order valence-corrected chi connectivity index (χ2v) is 5.34. The van der Waals surface area contributed by atoms with Crippen LogP contribution in [0.5, 0.6) is 5.75 Å². The Kier molecular flexibility index (Phi) is 5.60. The third kappa shape index (κ3) is 4.72. The van der Waals surface area contributed by atoms with Crippen LogP contribution in [-0.4, -0.2) is 18.9 Å². The van der Waals surface area contributed by atoms with Crippen molar-refractivity contribution in [3.63, 3.8) is 0 Å². The van der Waals surface area contributed by atoms with E-state index in [2.05, 4.69) is 10.6 Å². The summed E-state index contributed by atoms with van der Waals surface area (Å²) in [5.41, 5.74) is 1.88. The molecule has 0 unspecified atom stereocenters. The molecule has 0 heterocycles. The van der Waals surface area contributed by atoms with Gasteiger partial charge in [-0.25, -0.2) is 0 Å². The summed E-state index contributed by atoms with van der Waals surface area (Å²) in [5, 5.41) is 6.01. The predicted octanol–water partition coefficient (Wildman–Crippen LogP) is 3.24. The van der Waals surface area contributed by atoms with Crippen molar-refractivity contribution in [2.24, 2.45) is 0 Å². The van der Waals surface area contributed by atoms with Gasteiger partial charge in [-0.3, -0.25) is 9.59 Å². The Morgan fingerprint density at radius 3 is 2.61 bits per heavy atom. The first-order valence-corrected chi connectivity index (χ1v) is 7.35. The highest BCUT2D eigenvalue weighted by molar-refractivity contribution is 6.30. The van der Waals surface area contributed by atoms with Crippen LogP contribution in [0.2, 0.25) is 5.02 Å². The lowest BCUT2D eigenvalue weighted by Crippen LogP contribution is -2.23. The van der Waals surface area contributed by atoms with E-state index >= 15 is 0 Å². The zero-order chi connectivity index (χ0) is 16.8. The summed E-state index contributed by atoms with van der Waals surface area (Å²) in [4.78, 5) is 23.3.